The predicted octanol–water partition coefficient (Wildman–Crippen LogP) is 2.27. The minimum Gasteiger partial charge on any atom is -0.476 e. The average Bonchev–Trinajstić information content (AvgIpc) is 3.09. The van der Waals surface area contributed by atoms with Crippen molar-refractivity contribution in [1.82, 2.24) is 9.38 Å². The zero-order valence-electron chi connectivity index (χ0n) is 11.2. The third-order valence-corrected chi connectivity index (χ3v) is 4.74. The molecule has 3 heterocycles. The second-order valence-electron chi connectivity index (χ2n) is 5.87. The van der Waals surface area contributed by atoms with E-state index in [0.717, 1.165) is 24.9 Å². The molecule has 0 spiro atoms. The predicted molar refractivity (Wildman–Crippen MR) is 75.2 cm³/mol. The Morgan fingerprint density at radius 2 is 2.00 bits per heavy atom. The molecule has 20 heavy (non-hydrogen) atoms. The van der Waals surface area contributed by atoms with Gasteiger partial charge in [0.1, 0.15) is 5.65 Å². The summed E-state index contributed by atoms with van der Waals surface area (Å²) in [5.74, 6) is 1.18. The molecule has 0 radical (unpaired) electrons. The molecular weight excluding hydrogens is 254 g/mol. The second kappa shape index (κ2) is 4.23. The highest BCUT2D eigenvalue weighted by molar-refractivity contribution is 5.93. The van der Waals surface area contributed by atoms with Crippen LogP contribution in [0.3, 0.4) is 0 Å². The van der Waals surface area contributed by atoms with E-state index in [0.29, 0.717) is 17.2 Å². The topological polar surface area (TPSA) is 57.8 Å². The lowest BCUT2D eigenvalue weighted by Crippen LogP contribution is -2.23. The van der Waals surface area contributed by atoms with Gasteiger partial charge in [0, 0.05) is 19.3 Å². The zero-order valence-corrected chi connectivity index (χ0v) is 11.2. The fraction of sp³-hybridized carbons (Fsp3) is 0.467. The minimum atomic E-state index is -0.907. The molecule has 0 aromatic carbocycles. The Bertz CT molecular complexity index is 667. The monoisotopic (exact) mass is 271 g/mol. The number of pyridine rings is 1. The van der Waals surface area contributed by atoms with E-state index in [1.807, 2.05) is 18.2 Å². The summed E-state index contributed by atoms with van der Waals surface area (Å²) < 4.78 is 1.67. The van der Waals surface area contributed by atoms with Gasteiger partial charge in [-0.25, -0.2) is 9.78 Å². The number of hydrogen-bond acceptors (Lipinski definition) is 3. The van der Waals surface area contributed by atoms with E-state index in [1.165, 1.54) is 19.3 Å². The Morgan fingerprint density at radius 3 is 2.70 bits per heavy atom. The lowest BCUT2D eigenvalue weighted by molar-refractivity contribution is 0.0690. The molecular formula is C15H17N3O2. The van der Waals surface area contributed by atoms with Gasteiger partial charge in [-0.15, -0.1) is 0 Å². The molecule has 0 amide bonds. The Hall–Kier alpha value is -2.04. The van der Waals surface area contributed by atoms with Crippen LogP contribution in [-0.2, 0) is 0 Å². The van der Waals surface area contributed by atoms with Crippen LogP contribution in [0.25, 0.3) is 5.65 Å². The molecule has 4 rings (SSSR count). The third kappa shape index (κ3) is 1.62. The van der Waals surface area contributed by atoms with Crippen molar-refractivity contribution in [3.05, 3.63) is 30.1 Å². The van der Waals surface area contributed by atoms with E-state index in [9.17, 15) is 9.90 Å². The Balaban J connectivity index is 1.79. The van der Waals surface area contributed by atoms with Crippen LogP contribution in [0.4, 0.5) is 5.82 Å². The molecule has 5 heteroatoms. The molecule has 2 aromatic rings. The average molecular weight is 271 g/mol. The maximum absolute atomic E-state index is 11.6. The first-order chi connectivity index (χ1) is 9.74. The van der Waals surface area contributed by atoms with Gasteiger partial charge in [0.2, 0.25) is 0 Å². The van der Waals surface area contributed by atoms with Crippen LogP contribution in [0.1, 0.15) is 29.8 Å². The van der Waals surface area contributed by atoms with Gasteiger partial charge >= 0.3 is 5.97 Å². The number of rotatable bonds is 2. The molecule has 1 N–H and O–H groups in total. The molecule has 2 aliphatic rings. The summed E-state index contributed by atoms with van der Waals surface area (Å²) in [5, 5.41) is 9.53. The number of anilines is 1. The van der Waals surface area contributed by atoms with Crippen molar-refractivity contribution >= 4 is 17.4 Å². The number of hydrogen-bond donors (Lipinski definition) is 1. The number of carbonyl (C=O) groups is 1. The van der Waals surface area contributed by atoms with Crippen molar-refractivity contribution in [2.75, 3.05) is 18.0 Å². The summed E-state index contributed by atoms with van der Waals surface area (Å²) in [6.45, 7) is 1.91. The fourth-order valence-corrected chi connectivity index (χ4v) is 3.81. The Kier molecular flexibility index (Phi) is 2.49. The SMILES string of the molecule is O=C(O)c1c(N2CC3CCCC3C2)nc2ccccn12. The quantitative estimate of drug-likeness (QED) is 0.910. The summed E-state index contributed by atoms with van der Waals surface area (Å²) in [7, 11) is 0. The minimum absolute atomic E-state index is 0.292. The van der Waals surface area contributed by atoms with E-state index >= 15 is 0 Å². The second-order valence-corrected chi connectivity index (χ2v) is 5.87. The molecule has 5 nitrogen and oxygen atoms in total. The maximum atomic E-state index is 11.6. The van der Waals surface area contributed by atoms with Crippen LogP contribution in [0.5, 0.6) is 0 Å². The highest BCUT2D eigenvalue weighted by Crippen LogP contribution is 2.40. The van der Waals surface area contributed by atoms with E-state index in [2.05, 4.69) is 9.88 Å². The Morgan fingerprint density at radius 1 is 1.25 bits per heavy atom. The van der Waals surface area contributed by atoms with Gasteiger partial charge in [-0.1, -0.05) is 12.5 Å². The molecule has 1 aliphatic heterocycles. The molecule has 0 bridgehead atoms. The van der Waals surface area contributed by atoms with Gasteiger partial charge in [-0.3, -0.25) is 4.40 Å². The van der Waals surface area contributed by atoms with Crippen LogP contribution >= 0.6 is 0 Å². The molecule has 2 aromatic heterocycles. The van der Waals surface area contributed by atoms with Gasteiger partial charge in [0.25, 0.3) is 0 Å². The van der Waals surface area contributed by atoms with Crippen LogP contribution in [-0.4, -0.2) is 33.6 Å². The molecule has 2 atom stereocenters. The van der Waals surface area contributed by atoms with Crippen LogP contribution in [0.15, 0.2) is 24.4 Å². The Labute approximate surface area is 116 Å². The van der Waals surface area contributed by atoms with E-state index in [4.69, 9.17) is 0 Å². The van der Waals surface area contributed by atoms with Gasteiger partial charge in [0.15, 0.2) is 11.5 Å². The van der Waals surface area contributed by atoms with Crippen molar-refractivity contribution < 1.29 is 9.90 Å². The van der Waals surface area contributed by atoms with Crippen molar-refractivity contribution in [3.63, 3.8) is 0 Å². The number of imidazole rings is 1. The molecule has 2 unspecified atom stereocenters. The van der Waals surface area contributed by atoms with Crippen molar-refractivity contribution in [2.24, 2.45) is 11.8 Å². The van der Waals surface area contributed by atoms with Crippen LogP contribution < -0.4 is 4.90 Å². The maximum Gasteiger partial charge on any atom is 0.356 e. The summed E-state index contributed by atoms with van der Waals surface area (Å²) in [4.78, 5) is 18.3. The number of carboxylic acids is 1. The van der Waals surface area contributed by atoms with E-state index in [1.54, 1.807) is 10.6 Å². The summed E-state index contributed by atoms with van der Waals surface area (Å²) in [6, 6.07) is 5.58. The standard InChI is InChI=1S/C15H17N3O2/c19-15(20)13-14(16-12-6-1-2-7-18(12)13)17-8-10-4-3-5-11(10)9-17/h1-2,6-7,10-11H,3-5,8-9H2,(H,19,20). The van der Waals surface area contributed by atoms with Crippen LogP contribution in [0.2, 0.25) is 0 Å². The number of carboxylic acid groups (broad SMARTS) is 1. The van der Waals surface area contributed by atoms with E-state index < -0.39 is 5.97 Å². The van der Waals surface area contributed by atoms with Crippen molar-refractivity contribution in [1.29, 1.82) is 0 Å². The van der Waals surface area contributed by atoms with Gasteiger partial charge in [-0.05, 0) is 36.8 Å². The van der Waals surface area contributed by atoms with Crippen molar-refractivity contribution in [2.45, 2.75) is 19.3 Å². The van der Waals surface area contributed by atoms with Gasteiger partial charge < -0.3 is 10.0 Å². The van der Waals surface area contributed by atoms with Crippen molar-refractivity contribution in [3.8, 4) is 0 Å². The number of nitrogens with zero attached hydrogens (tertiary/aromatic N) is 3. The summed E-state index contributed by atoms with van der Waals surface area (Å²) in [5.41, 5.74) is 0.998. The zero-order chi connectivity index (χ0) is 13.7. The highest BCUT2D eigenvalue weighted by atomic mass is 16.4. The smallest absolute Gasteiger partial charge is 0.356 e. The first-order valence-electron chi connectivity index (χ1n) is 7.19. The lowest BCUT2D eigenvalue weighted by Gasteiger charge is -2.17. The van der Waals surface area contributed by atoms with E-state index in [-0.39, 0.29) is 0 Å². The molecule has 104 valence electrons. The third-order valence-electron chi connectivity index (χ3n) is 4.74. The molecule has 1 saturated carbocycles. The number of aromatic nitrogens is 2. The normalized spacial score (nSPS) is 25.3. The van der Waals surface area contributed by atoms with Gasteiger partial charge in [-0.2, -0.15) is 0 Å². The highest BCUT2D eigenvalue weighted by Gasteiger charge is 2.38. The molecule has 1 saturated heterocycles. The fourth-order valence-electron chi connectivity index (χ4n) is 3.81. The molecule has 1 aliphatic carbocycles. The van der Waals surface area contributed by atoms with Gasteiger partial charge in [0.05, 0.1) is 0 Å². The van der Waals surface area contributed by atoms with Crippen LogP contribution in [0, 0.1) is 11.8 Å². The molecule has 2 fully saturated rings. The lowest BCUT2D eigenvalue weighted by atomic mass is 10.0. The first-order valence-corrected chi connectivity index (χ1v) is 7.19. The largest absolute Gasteiger partial charge is 0.476 e. The number of aromatic carboxylic acids is 1. The number of fused-ring (bicyclic) bond motifs is 2. The first kappa shape index (κ1) is 11.8. The summed E-state index contributed by atoms with van der Waals surface area (Å²) >= 11 is 0. The summed E-state index contributed by atoms with van der Waals surface area (Å²) in [6.07, 6.45) is 5.64.